The van der Waals surface area contributed by atoms with E-state index in [0.29, 0.717) is 0 Å². The van der Waals surface area contributed by atoms with Crippen molar-refractivity contribution in [1.29, 1.82) is 0 Å². The second kappa shape index (κ2) is 9.72. The minimum absolute atomic E-state index is 0. The van der Waals surface area contributed by atoms with E-state index < -0.39 is 0 Å². The van der Waals surface area contributed by atoms with Gasteiger partial charge in [-0.15, -0.1) is 12.4 Å². The van der Waals surface area contributed by atoms with Crippen LogP contribution in [0.4, 0.5) is 0 Å². The van der Waals surface area contributed by atoms with Crippen LogP contribution < -0.4 is 11.1 Å². The van der Waals surface area contributed by atoms with Crippen LogP contribution in [0.25, 0.3) is 0 Å². The maximum Gasteiger partial charge on any atom is 0.216 e. The van der Waals surface area contributed by atoms with Crippen LogP contribution >= 0.6 is 12.4 Å². The zero-order valence-corrected chi connectivity index (χ0v) is 7.75. The second-order valence-electron chi connectivity index (χ2n) is 2.33. The number of nitrogens with one attached hydrogen (secondary N) is 1. The molecular weight excluding hydrogens is 164 g/mol. The van der Waals surface area contributed by atoms with Crippen LogP contribution in [0, 0.1) is 0 Å². The van der Waals surface area contributed by atoms with Gasteiger partial charge >= 0.3 is 0 Å². The van der Waals surface area contributed by atoms with E-state index in [2.05, 4.69) is 5.32 Å². The minimum atomic E-state index is 0. The highest BCUT2D eigenvalue weighted by atomic mass is 35.5. The molecular formula is C7H17ClN2O. The molecule has 4 heteroatoms. The highest BCUT2D eigenvalue weighted by Crippen LogP contribution is 1.90. The van der Waals surface area contributed by atoms with Crippen LogP contribution in [0.1, 0.15) is 26.2 Å². The van der Waals surface area contributed by atoms with Crippen molar-refractivity contribution in [2.45, 2.75) is 26.2 Å². The van der Waals surface area contributed by atoms with Crippen LogP contribution in [-0.2, 0) is 4.79 Å². The first-order valence-electron chi connectivity index (χ1n) is 3.72. The monoisotopic (exact) mass is 180 g/mol. The lowest BCUT2D eigenvalue weighted by Crippen LogP contribution is -2.20. The molecule has 0 saturated carbocycles. The summed E-state index contributed by atoms with van der Waals surface area (Å²) in [4.78, 5) is 10.3. The molecule has 0 aromatic carbocycles. The largest absolute Gasteiger partial charge is 0.356 e. The number of nitrogens with two attached hydrogens (primary N) is 1. The molecule has 0 saturated heterocycles. The fourth-order valence-electron chi connectivity index (χ4n) is 0.711. The molecule has 0 aliphatic heterocycles. The topological polar surface area (TPSA) is 55.1 Å². The van der Waals surface area contributed by atoms with E-state index in [4.69, 9.17) is 5.73 Å². The van der Waals surface area contributed by atoms with Gasteiger partial charge in [0, 0.05) is 13.5 Å². The Kier molecular flexibility index (Phi) is 11.8. The predicted octanol–water partition coefficient (Wildman–Crippen LogP) is 0.673. The molecule has 0 aromatic rings. The molecule has 0 fully saturated rings. The molecule has 11 heavy (non-hydrogen) atoms. The molecule has 0 spiro atoms. The number of hydrogen-bond donors (Lipinski definition) is 2. The van der Waals surface area contributed by atoms with Crippen molar-refractivity contribution in [3.05, 3.63) is 0 Å². The Morgan fingerprint density at radius 3 is 2.45 bits per heavy atom. The van der Waals surface area contributed by atoms with Crippen LogP contribution in [0.3, 0.4) is 0 Å². The third kappa shape index (κ3) is 12.8. The first kappa shape index (κ1) is 13.3. The van der Waals surface area contributed by atoms with E-state index in [1.54, 1.807) is 0 Å². The predicted molar refractivity (Wildman–Crippen MR) is 48.8 cm³/mol. The van der Waals surface area contributed by atoms with Crippen molar-refractivity contribution < 1.29 is 4.79 Å². The van der Waals surface area contributed by atoms with Gasteiger partial charge in [0.25, 0.3) is 0 Å². The van der Waals surface area contributed by atoms with Crippen LogP contribution in [-0.4, -0.2) is 19.0 Å². The van der Waals surface area contributed by atoms with Crippen LogP contribution in [0.2, 0.25) is 0 Å². The maximum atomic E-state index is 10.3. The molecule has 0 aromatic heterocycles. The van der Waals surface area contributed by atoms with E-state index in [-0.39, 0.29) is 18.3 Å². The van der Waals surface area contributed by atoms with Crippen molar-refractivity contribution in [3.63, 3.8) is 0 Å². The van der Waals surface area contributed by atoms with Crippen LogP contribution in [0.15, 0.2) is 0 Å². The highest BCUT2D eigenvalue weighted by Gasteiger charge is 1.89. The average molecular weight is 181 g/mol. The molecule has 3 nitrogen and oxygen atoms in total. The summed E-state index contributed by atoms with van der Waals surface area (Å²) < 4.78 is 0. The SMILES string of the molecule is CC(=O)NCCCCCN.Cl. The lowest BCUT2D eigenvalue weighted by atomic mass is 10.2. The fourth-order valence-corrected chi connectivity index (χ4v) is 0.711. The van der Waals surface area contributed by atoms with Gasteiger partial charge in [0.05, 0.1) is 0 Å². The first-order valence-corrected chi connectivity index (χ1v) is 3.72. The average Bonchev–Trinajstić information content (AvgIpc) is 1.87. The number of halogens is 1. The Labute approximate surface area is 74.1 Å². The van der Waals surface area contributed by atoms with E-state index in [1.807, 2.05) is 0 Å². The van der Waals surface area contributed by atoms with Crippen molar-refractivity contribution in [3.8, 4) is 0 Å². The normalized spacial score (nSPS) is 8.55. The summed E-state index contributed by atoms with van der Waals surface area (Å²) in [6.07, 6.45) is 3.20. The molecule has 0 rings (SSSR count). The van der Waals surface area contributed by atoms with Crippen LogP contribution in [0.5, 0.6) is 0 Å². The lowest BCUT2D eigenvalue weighted by molar-refractivity contribution is -0.118. The Bertz CT molecular complexity index is 98.4. The molecule has 0 radical (unpaired) electrons. The van der Waals surface area contributed by atoms with Crippen molar-refractivity contribution >= 4 is 18.3 Å². The Balaban J connectivity index is 0. The van der Waals surface area contributed by atoms with Gasteiger partial charge in [0.1, 0.15) is 0 Å². The van der Waals surface area contributed by atoms with Crippen molar-refractivity contribution in [1.82, 2.24) is 5.32 Å². The molecule has 0 heterocycles. The molecule has 0 aliphatic rings. The molecule has 68 valence electrons. The summed E-state index contributed by atoms with van der Waals surface area (Å²) in [6, 6.07) is 0. The third-order valence-corrected chi connectivity index (χ3v) is 1.25. The number of carbonyl (C=O) groups is 1. The second-order valence-corrected chi connectivity index (χ2v) is 2.33. The van der Waals surface area contributed by atoms with E-state index in [9.17, 15) is 4.79 Å². The lowest BCUT2D eigenvalue weighted by Gasteiger charge is -1.99. The first-order chi connectivity index (χ1) is 4.77. The maximum absolute atomic E-state index is 10.3. The van der Waals surface area contributed by atoms with Gasteiger partial charge < -0.3 is 11.1 Å². The molecule has 0 bridgehead atoms. The third-order valence-electron chi connectivity index (χ3n) is 1.25. The van der Waals surface area contributed by atoms with Gasteiger partial charge in [-0.2, -0.15) is 0 Å². The number of carbonyl (C=O) groups excluding carboxylic acids is 1. The molecule has 1 amide bonds. The van der Waals surface area contributed by atoms with Gasteiger partial charge in [-0.1, -0.05) is 6.42 Å². The van der Waals surface area contributed by atoms with Gasteiger partial charge in [-0.3, -0.25) is 4.79 Å². The molecule has 0 unspecified atom stereocenters. The highest BCUT2D eigenvalue weighted by molar-refractivity contribution is 5.85. The summed E-state index contributed by atoms with van der Waals surface area (Å²) in [5.74, 6) is 0.0488. The zero-order chi connectivity index (χ0) is 7.82. The smallest absolute Gasteiger partial charge is 0.216 e. The quantitative estimate of drug-likeness (QED) is 0.612. The number of amides is 1. The number of rotatable bonds is 5. The molecule has 0 atom stereocenters. The molecule has 0 aliphatic carbocycles. The van der Waals surface area contributed by atoms with Gasteiger partial charge in [-0.05, 0) is 19.4 Å². The number of unbranched alkanes of at least 4 members (excludes halogenated alkanes) is 2. The summed E-state index contributed by atoms with van der Waals surface area (Å²) in [7, 11) is 0. The minimum Gasteiger partial charge on any atom is -0.356 e. The van der Waals surface area contributed by atoms with E-state index in [0.717, 1.165) is 32.4 Å². The van der Waals surface area contributed by atoms with E-state index in [1.165, 1.54) is 6.92 Å². The Morgan fingerprint density at radius 1 is 1.36 bits per heavy atom. The molecule has 3 N–H and O–H groups in total. The Morgan fingerprint density at radius 2 is 2.00 bits per heavy atom. The standard InChI is InChI=1S/C7H16N2O.ClH/c1-7(10)9-6-4-2-3-5-8;/h2-6,8H2,1H3,(H,9,10);1H. The van der Waals surface area contributed by atoms with Crippen molar-refractivity contribution in [2.75, 3.05) is 13.1 Å². The van der Waals surface area contributed by atoms with Gasteiger partial charge in [0.2, 0.25) is 5.91 Å². The van der Waals surface area contributed by atoms with Gasteiger partial charge in [0.15, 0.2) is 0 Å². The van der Waals surface area contributed by atoms with Crippen molar-refractivity contribution in [2.24, 2.45) is 5.73 Å². The summed E-state index contributed by atoms with van der Waals surface area (Å²) in [5, 5.41) is 2.72. The van der Waals surface area contributed by atoms with Gasteiger partial charge in [-0.25, -0.2) is 0 Å². The fraction of sp³-hybridized carbons (Fsp3) is 0.857. The Hall–Kier alpha value is -0.280. The number of hydrogen-bond acceptors (Lipinski definition) is 2. The summed E-state index contributed by atoms with van der Waals surface area (Å²) in [6.45, 7) is 3.07. The summed E-state index contributed by atoms with van der Waals surface area (Å²) in [5.41, 5.74) is 5.28. The zero-order valence-electron chi connectivity index (χ0n) is 6.93. The van der Waals surface area contributed by atoms with E-state index >= 15 is 0 Å². The summed E-state index contributed by atoms with van der Waals surface area (Å²) >= 11 is 0.